The lowest BCUT2D eigenvalue weighted by Crippen LogP contribution is -2.47. The molecule has 2 unspecified atom stereocenters. The van der Waals surface area contributed by atoms with Crippen molar-refractivity contribution < 1.29 is 19.2 Å². The van der Waals surface area contributed by atoms with E-state index < -0.39 is 0 Å². The molecule has 3 aliphatic rings. The van der Waals surface area contributed by atoms with Crippen molar-refractivity contribution in [3.05, 3.63) is 28.7 Å². The summed E-state index contributed by atoms with van der Waals surface area (Å²) in [5.74, 6) is 0.584. The summed E-state index contributed by atoms with van der Waals surface area (Å²) in [5.41, 5.74) is 2.44. The Balaban J connectivity index is 1.47. The van der Waals surface area contributed by atoms with E-state index >= 15 is 0 Å². The molecule has 0 aromatic carbocycles. The number of allylic oxidation sites excluding steroid dienone is 1. The van der Waals surface area contributed by atoms with Gasteiger partial charge in [-0.3, -0.25) is 9.59 Å². The van der Waals surface area contributed by atoms with Crippen molar-refractivity contribution >= 4 is 11.8 Å². The predicted molar refractivity (Wildman–Crippen MR) is 93.1 cm³/mol. The number of piperidine rings is 1. The Hall–Kier alpha value is -2.15. The second-order valence-corrected chi connectivity index (χ2v) is 7.73. The van der Waals surface area contributed by atoms with E-state index in [0.717, 1.165) is 37.8 Å². The Bertz CT molecular complexity index is 754. The number of amides is 2. The van der Waals surface area contributed by atoms with E-state index in [4.69, 9.17) is 9.63 Å². The number of aliphatic hydroxyl groups is 1. The molecule has 7 heteroatoms. The van der Waals surface area contributed by atoms with Crippen molar-refractivity contribution in [3.63, 3.8) is 0 Å². The van der Waals surface area contributed by atoms with Crippen LogP contribution in [0.15, 0.2) is 21.7 Å². The van der Waals surface area contributed by atoms with Crippen LogP contribution in [-0.2, 0) is 11.4 Å². The first kappa shape index (κ1) is 17.3. The third kappa shape index (κ3) is 3.05. The van der Waals surface area contributed by atoms with Gasteiger partial charge in [-0.2, -0.15) is 0 Å². The van der Waals surface area contributed by atoms with Gasteiger partial charge in [-0.05, 0) is 44.9 Å². The summed E-state index contributed by atoms with van der Waals surface area (Å²) in [7, 11) is 0. The van der Waals surface area contributed by atoms with Crippen molar-refractivity contribution in [1.29, 1.82) is 0 Å². The fourth-order valence-corrected chi connectivity index (χ4v) is 4.55. The van der Waals surface area contributed by atoms with E-state index in [9.17, 15) is 9.59 Å². The van der Waals surface area contributed by atoms with E-state index in [2.05, 4.69) is 12.1 Å². The number of nitrogens with zero attached hydrogens (tertiary/aromatic N) is 3. The molecule has 0 radical (unpaired) electrons. The lowest BCUT2D eigenvalue weighted by atomic mass is 9.90. The molecule has 0 saturated carbocycles. The first-order valence-corrected chi connectivity index (χ1v) is 9.42. The molecule has 3 heterocycles. The van der Waals surface area contributed by atoms with E-state index in [1.165, 1.54) is 18.1 Å². The minimum atomic E-state index is -0.275. The van der Waals surface area contributed by atoms with Gasteiger partial charge in [-0.15, -0.1) is 0 Å². The summed E-state index contributed by atoms with van der Waals surface area (Å²) in [5, 5.41) is 12.9. The summed E-state index contributed by atoms with van der Waals surface area (Å²) in [6.45, 7) is 3.75. The lowest BCUT2D eigenvalue weighted by molar-refractivity contribution is -0.129. The highest BCUT2D eigenvalue weighted by atomic mass is 16.5. The number of aromatic nitrogens is 1. The van der Waals surface area contributed by atoms with Crippen LogP contribution in [0.2, 0.25) is 0 Å². The van der Waals surface area contributed by atoms with Gasteiger partial charge < -0.3 is 19.4 Å². The van der Waals surface area contributed by atoms with Crippen LogP contribution in [0.5, 0.6) is 0 Å². The fourth-order valence-electron chi connectivity index (χ4n) is 4.55. The number of aliphatic hydroxyl groups excluding tert-OH is 1. The summed E-state index contributed by atoms with van der Waals surface area (Å²) in [6, 6.07) is 1.52. The molecule has 2 fully saturated rings. The maximum Gasteiger partial charge on any atom is 0.276 e. The number of fused-ring (bicyclic) bond motifs is 2. The Labute approximate surface area is 152 Å². The first-order valence-electron chi connectivity index (χ1n) is 9.42. The maximum atomic E-state index is 13.0. The Morgan fingerprint density at radius 3 is 2.77 bits per heavy atom. The molecule has 140 valence electrons. The molecular formula is C19H25N3O4. The van der Waals surface area contributed by atoms with Crippen LogP contribution in [0.25, 0.3) is 0 Å². The van der Waals surface area contributed by atoms with Crippen molar-refractivity contribution in [2.45, 2.75) is 51.7 Å². The van der Waals surface area contributed by atoms with Crippen molar-refractivity contribution in [2.24, 2.45) is 5.92 Å². The number of hydrogen-bond donors (Lipinski definition) is 1. The number of rotatable bonds is 3. The molecule has 1 N–H and O–H groups in total. The molecule has 1 aliphatic carbocycles. The molecule has 2 saturated heterocycles. The monoisotopic (exact) mass is 359 g/mol. The molecule has 2 aliphatic heterocycles. The topological polar surface area (TPSA) is 86.9 Å². The van der Waals surface area contributed by atoms with Gasteiger partial charge in [0.2, 0.25) is 5.91 Å². The summed E-state index contributed by atoms with van der Waals surface area (Å²) in [6.07, 6.45) is 5.08. The number of carbonyl (C=O) groups excluding carboxylic acids is 2. The zero-order valence-electron chi connectivity index (χ0n) is 15.1. The van der Waals surface area contributed by atoms with Crippen molar-refractivity contribution in [1.82, 2.24) is 15.0 Å². The molecule has 2 bridgehead atoms. The van der Waals surface area contributed by atoms with Crippen LogP contribution in [-0.4, -0.2) is 57.6 Å². The average molecular weight is 359 g/mol. The molecule has 7 nitrogen and oxygen atoms in total. The lowest BCUT2D eigenvalue weighted by Gasteiger charge is -2.34. The second-order valence-electron chi connectivity index (χ2n) is 7.73. The highest BCUT2D eigenvalue weighted by Crippen LogP contribution is 2.33. The maximum absolute atomic E-state index is 13.0. The normalized spacial score (nSPS) is 25.8. The van der Waals surface area contributed by atoms with Gasteiger partial charge in [0.25, 0.3) is 5.91 Å². The molecule has 4 rings (SSSR count). The highest BCUT2D eigenvalue weighted by Gasteiger charge is 2.43. The number of hydrogen-bond acceptors (Lipinski definition) is 5. The molecule has 0 spiro atoms. The van der Waals surface area contributed by atoms with Crippen molar-refractivity contribution in [2.75, 3.05) is 19.6 Å². The SMILES string of the molecule is CC1=C(C(=O)N2CC3CC(C2)N(C(=O)c2cc(CO)on2)C3)CCCC1. The van der Waals surface area contributed by atoms with Crippen molar-refractivity contribution in [3.8, 4) is 0 Å². The minimum absolute atomic E-state index is 0.0315. The van der Waals surface area contributed by atoms with E-state index in [1.54, 1.807) is 0 Å². The van der Waals surface area contributed by atoms with E-state index in [1.807, 2.05) is 9.80 Å². The summed E-state index contributed by atoms with van der Waals surface area (Å²) < 4.78 is 4.94. The van der Waals surface area contributed by atoms with Gasteiger partial charge in [0.05, 0.1) is 6.04 Å². The van der Waals surface area contributed by atoms with Gasteiger partial charge in [0.15, 0.2) is 11.5 Å². The van der Waals surface area contributed by atoms with Gasteiger partial charge in [-0.25, -0.2) is 0 Å². The van der Waals surface area contributed by atoms with Crippen LogP contribution in [0.3, 0.4) is 0 Å². The molecule has 26 heavy (non-hydrogen) atoms. The van der Waals surface area contributed by atoms with Crippen LogP contribution < -0.4 is 0 Å². The molecule has 1 aromatic heterocycles. The quantitative estimate of drug-likeness (QED) is 0.888. The first-order chi connectivity index (χ1) is 12.6. The zero-order valence-corrected chi connectivity index (χ0v) is 15.1. The largest absolute Gasteiger partial charge is 0.388 e. The third-order valence-corrected chi connectivity index (χ3v) is 5.89. The van der Waals surface area contributed by atoms with Gasteiger partial charge in [-0.1, -0.05) is 10.7 Å². The summed E-state index contributed by atoms with van der Waals surface area (Å²) in [4.78, 5) is 29.5. The van der Waals surface area contributed by atoms with Crippen LogP contribution in [0.4, 0.5) is 0 Å². The van der Waals surface area contributed by atoms with Crippen LogP contribution >= 0.6 is 0 Å². The third-order valence-electron chi connectivity index (χ3n) is 5.89. The molecular weight excluding hydrogens is 334 g/mol. The highest BCUT2D eigenvalue weighted by molar-refractivity contribution is 5.95. The smallest absolute Gasteiger partial charge is 0.276 e. The molecule has 2 atom stereocenters. The molecule has 1 aromatic rings. The van der Waals surface area contributed by atoms with Crippen LogP contribution in [0, 0.1) is 5.92 Å². The Kier molecular flexibility index (Phi) is 4.56. The zero-order chi connectivity index (χ0) is 18.3. The van der Waals surface area contributed by atoms with Gasteiger partial charge in [0, 0.05) is 31.3 Å². The standard InChI is InChI=1S/C19H25N3O4/c1-12-4-2-3-5-16(12)18(24)21-8-13-6-14(10-21)22(9-13)19(25)17-7-15(11-23)26-20-17/h7,13-14,23H,2-6,8-11H2,1H3. The Morgan fingerprint density at radius 1 is 1.23 bits per heavy atom. The van der Waals surface area contributed by atoms with E-state index in [-0.39, 0.29) is 35.9 Å². The van der Waals surface area contributed by atoms with E-state index in [0.29, 0.717) is 19.0 Å². The predicted octanol–water partition coefficient (Wildman–Crippen LogP) is 1.73. The fraction of sp³-hybridized carbons (Fsp3) is 0.632. The van der Waals surface area contributed by atoms with Gasteiger partial charge in [0.1, 0.15) is 6.61 Å². The summed E-state index contributed by atoms with van der Waals surface area (Å²) >= 11 is 0. The molecule has 2 amide bonds. The Morgan fingerprint density at radius 2 is 2.04 bits per heavy atom. The van der Waals surface area contributed by atoms with Crippen LogP contribution in [0.1, 0.15) is 55.3 Å². The second kappa shape index (κ2) is 6.87. The minimum Gasteiger partial charge on any atom is -0.388 e. The number of likely N-dealkylation sites (tertiary alicyclic amines) is 2. The van der Waals surface area contributed by atoms with Gasteiger partial charge >= 0.3 is 0 Å². The average Bonchev–Trinajstić information content (AvgIpc) is 3.25. The number of carbonyl (C=O) groups is 2.